The van der Waals surface area contributed by atoms with Gasteiger partial charge in [0.25, 0.3) is 6.02 Å². The Kier molecular flexibility index (Phi) is 4.60. The number of nitrogen functional groups attached to an aromatic ring is 1. The molecular formula is C17H19N7O. The molecule has 25 heavy (non-hydrogen) atoms. The van der Waals surface area contributed by atoms with Crippen molar-refractivity contribution in [2.24, 2.45) is 0 Å². The molecule has 8 nitrogen and oxygen atoms in total. The van der Waals surface area contributed by atoms with Crippen molar-refractivity contribution in [1.82, 2.24) is 19.9 Å². The van der Waals surface area contributed by atoms with Crippen LogP contribution in [0.4, 0.5) is 17.6 Å². The van der Waals surface area contributed by atoms with Gasteiger partial charge in [-0.25, -0.2) is 0 Å². The van der Waals surface area contributed by atoms with Crippen LogP contribution in [0, 0.1) is 5.41 Å². The molecule has 0 unspecified atom stereocenters. The Labute approximate surface area is 145 Å². The smallest absolute Gasteiger partial charge is 0.284 e. The van der Waals surface area contributed by atoms with E-state index in [9.17, 15) is 0 Å². The third kappa shape index (κ3) is 4.11. The molecule has 2 aromatic carbocycles. The number of amidine groups is 1. The van der Waals surface area contributed by atoms with Gasteiger partial charge in [0.2, 0.25) is 11.9 Å². The van der Waals surface area contributed by atoms with E-state index in [1.54, 1.807) is 19.0 Å². The maximum atomic E-state index is 7.64. The van der Waals surface area contributed by atoms with Gasteiger partial charge in [-0.2, -0.15) is 15.0 Å². The maximum Gasteiger partial charge on any atom is 0.284 e. The fourth-order valence-corrected chi connectivity index (χ4v) is 2.22. The molecule has 1 aromatic heterocycles. The molecule has 0 spiro atoms. The third-order valence-electron chi connectivity index (χ3n) is 3.45. The molecule has 0 bridgehead atoms. The van der Waals surface area contributed by atoms with E-state index in [0.29, 0.717) is 11.8 Å². The summed E-state index contributed by atoms with van der Waals surface area (Å²) in [5.74, 6) is 0.772. The van der Waals surface area contributed by atoms with Gasteiger partial charge in [0, 0.05) is 19.8 Å². The van der Waals surface area contributed by atoms with Gasteiger partial charge in [-0.3, -0.25) is 5.41 Å². The quantitative estimate of drug-likeness (QED) is 0.495. The molecule has 0 aliphatic heterocycles. The molecule has 0 aliphatic carbocycles. The van der Waals surface area contributed by atoms with Crippen LogP contribution >= 0.6 is 0 Å². The molecule has 0 saturated heterocycles. The number of nitrogens with two attached hydrogens (primary N) is 1. The molecule has 0 atom stereocenters. The topological polar surface area (TPSA) is 113 Å². The SMILES string of the molecule is CN(C)C(=N)OCc1nc(N)nc(Nc2ccc3ccccc3c2)n1. The van der Waals surface area contributed by atoms with E-state index in [2.05, 4.69) is 26.3 Å². The Balaban J connectivity index is 1.78. The maximum absolute atomic E-state index is 7.64. The number of benzene rings is 2. The van der Waals surface area contributed by atoms with Gasteiger partial charge in [-0.05, 0) is 22.9 Å². The second-order valence-electron chi connectivity index (χ2n) is 5.61. The number of anilines is 3. The number of aromatic nitrogens is 3. The van der Waals surface area contributed by atoms with Crippen LogP contribution in [-0.4, -0.2) is 40.0 Å². The van der Waals surface area contributed by atoms with Crippen molar-refractivity contribution in [3.63, 3.8) is 0 Å². The van der Waals surface area contributed by atoms with Crippen LogP contribution in [0.3, 0.4) is 0 Å². The lowest BCUT2D eigenvalue weighted by Crippen LogP contribution is -2.24. The molecule has 0 saturated carbocycles. The highest BCUT2D eigenvalue weighted by Crippen LogP contribution is 2.21. The van der Waals surface area contributed by atoms with Crippen molar-refractivity contribution in [1.29, 1.82) is 5.41 Å². The van der Waals surface area contributed by atoms with Crippen molar-refractivity contribution in [3.05, 3.63) is 48.3 Å². The van der Waals surface area contributed by atoms with Crippen LogP contribution in [0.25, 0.3) is 10.8 Å². The molecule has 0 amide bonds. The van der Waals surface area contributed by atoms with Gasteiger partial charge in [0.15, 0.2) is 12.4 Å². The fourth-order valence-electron chi connectivity index (χ4n) is 2.22. The molecule has 1 heterocycles. The number of hydrogen-bond acceptors (Lipinski definition) is 7. The zero-order valence-corrected chi connectivity index (χ0v) is 14.0. The predicted molar refractivity (Wildman–Crippen MR) is 97.7 cm³/mol. The van der Waals surface area contributed by atoms with E-state index in [1.165, 1.54) is 0 Å². The molecule has 4 N–H and O–H groups in total. The third-order valence-corrected chi connectivity index (χ3v) is 3.45. The van der Waals surface area contributed by atoms with Crippen LogP contribution in [-0.2, 0) is 11.3 Å². The van der Waals surface area contributed by atoms with Crippen molar-refractivity contribution >= 4 is 34.4 Å². The first kappa shape index (κ1) is 16.4. The van der Waals surface area contributed by atoms with Gasteiger partial charge >= 0.3 is 0 Å². The monoisotopic (exact) mass is 337 g/mol. The lowest BCUT2D eigenvalue weighted by molar-refractivity contribution is 0.235. The van der Waals surface area contributed by atoms with E-state index in [0.717, 1.165) is 16.5 Å². The predicted octanol–water partition coefficient (Wildman–Crippen LogP) is 2.36. The molecule has 3 rings (SSSR count). The lowest BCUT2D eigenvalue weighted by Gasteiger charge is -2.14. The van der Waals surface area contributed by atoms with Crippen LogP contribution in [0.2, 0.25) is 0 Å². The van der Waals surface area contributed by atoms with E-state index in [1.807, 2.05) is 36.4 Å². The Morgan fingerprint density at radius 2 is 1.88 bits per heavy atom. The minimum atomic E-state index is 0.0167. The summed E-state index contributed by atoms with van der Waals surface area (Å²) in [5, 5.41) is 13.0. The summed E-state index contributed by atoms with van der Waals surface area (Å²) in [4.78, 5) is 14.0. The lowest BCUT2D eigenvalue weighted by atomic mass is 10.1. The average molecular weight is 337 g/mol. The Bertz CT molecular complexity index is 910. The molecule has 3 aromatic rings. The second kappa shape index (κ2) is 7.00. The molecule has 0 aliphatic rings. The summed E-state index contributed by atoms with van der Waals surface area (Å²) in [6.45, 7) is 0.0378. The van der Waals surface area contributed by atoms with Gasteiger partial charge in [0.05, 0.1) is 0 Å². The van der Waals surface area contributed by atoms with E-state index in [-0.39, 0.29) is 18.6 Å². The number of nitrogens with zero attached hydrogens (tertiary/aromatic N) is 4. The highest BCUT2D eigenvalue weighted by Gasteiger charge is 2.08. The van der Waals surface area contributed by atoms with E-state index >= 15 is 0 Å². The minimum absolute atomic E-state index is 0.0167. The normalized spacial score (nSPS) is 10.5. The van der Waals surface area contributed by atoms with Crippen molar-refractivity contribution in [2.45, 2.75) is 6.61 Å². The molecule has 0 fully saturated rings. The van der Waals surface area contributed by atoms with Crippen LogP contribution in [0.15, 0.2) is 42.5 Å². The first-order valence-corrected chi connectivity index (χ1v) is 7.66. The molecular weight excluding hydrogens is 318 g/mol. The minimum Gasteiger partial charge on any atom is -0.457 e. The van der Waals surface area contributed by atoms with Crippen LogP contribution < -0.4 is 11.1 Å². The highest BCUT2D eigenvalue weighted by molar-refractivity contribution is 5.86. The largest absolute Gasteiger partial charge is 0.457 e. The summed E-state index contributed by atoms with van der Waals surface area (Å²) in [6.07, 6.45) is 0. The first-order chi connectivity index (χ1) is 12.0. The van der Waals surface area contributed by atoms with E-state index in [4.69, 9.17) is 15.9 Å². The number of ether oxygens (including phenoxy) is 1. The fraction of sp³-hybridized carbons (Fsp3) is 0.176. The average Bonchev–Trinajstić information content (AvgIpc) is 2.59. The summed E-state index contributed by atoms with van der Waals surface area (Å²) < 4.78 is 5.28. The van der Waals surface area contributed by atoms with Crippen LogP contribution in [0.5, 0.6) is 0 Å². The zero-order chi connectivity index (χ0) is 17.8. The van der Waals surface area contributed by atoms with Gasteiger partial charge < -0.3 is 20.7 Å². The summed E-state index contributed by atoms with van der Waals surface area (Å²) in [7, 11) is 3.44. The summed E-state index contributed by atoms with van der Waals surface area (Å²) >= 11 is 0. The number of fused-ring (bicyclic) bond motifs is 1. The first-order valence-electron chi connectivity index (χ1n) is 7.66. The van der Waals surface area contributed by atoms with E-state index < -0.39 is 0 Å². The summed E-state index contributed by atoms with van der Waals surface area (Å²) in [6, 6.07) is 14.1. The second-order valence-corrected chi connectivity index (χ2v) is 5.61. The van der Waals surface area contributed by atoms with Crippen molar-refractivity contribution in [2.75, 3.05) is 25.1 Å². The zero-order valence-electron chi connectivity index (χ0n) is 14.0. The van der Waals surface area contributed by atoms with Gasteiger partial charge in [0.1, 0.15) is 0 Å². The molecule has 128 valence electrons. The van der Waals surface area contributed by atoms with Gasteiger partial charge in [-0.1, -0.05) is 30.3 Å². The molecule has 0 radical (unpaired) electrons. The number of rotatable bonds is 4. The Hall–Kier alpha value is -3.42. The van der Waals surface area contributed by atoms with Crippen LogP contribution in [0.1, 0.15) is 5.82 Å². The van der Waals surface area contributed by atoms with Crippen molar-refractivity contribution in [3.8, 4) is 0 Å². The Morgan fingerprint density at radius 1 is 1.12 bits per heavy atom. The standard InChI is InChI=1S/C17H19N7O/c1-24(2)16(19)25-10-14-21-15(18)23-17(22-14)20-13-8-7-11-5-3-4-6-12(11)9-13/h3-9,19H,10H2,1-2H3,(H3,18,20,21,22,23). The molecule has 8 heteroatoms. The Morgan fingerprint density at radius 3 is 2.64 bits per heavy atom. The number of hydrogen-bond donors (Lipinski definition) is 3. The number of nitrogens with one attached hydrogen (secondary N) is 2. The van der Waals surface area contributed by atoms with Crippen molar-refractivity contribution < 1.29 is 4.74 Å². The van der Waals surface area contributed by atoms with Gasteiger partial charge in [-0.15, -0.1) is 0 Å². The highest BCUT2D eigenvalue weighted by atomic mass is 16.5. The summed E-state index contributed by atoms with van der Waals surface area (Å²) in [5.41, 5.74) is 6.59.